The summed E-state index contributed by atoms with van der Waals surface area (Å²) in [7, 11) is 0. The zero-order valence-corrected chi connectivity index (χ0v) is 15.2. The maximum atomic E-state index is 6.14. The van der Waals surface area contributed by atoms with Crippen LogP contribution >= 0.6 is 66.1 Å². The molecule has 1 atom stereocenters. The van der Waals surface area contributed by atoms with Crippen LogP contribution in [0.25, 0.3) is 0 Å². The summed E-state index contributed by atoms with van der Waals surface area (Å²) in [6.07, 6.45) is 1.11. The highest BCUT2D eigenvalue weighted by Gasteiger charge is 2.19. The van der Waals surface area contributed by atoms with Gasteiger partial charge in [0.05, 0.1) is 9.83 Å². The lowest BCUT2D eigenvalue weighted by Gasteiger charge is -2.15. The van der Waals surface area contributed by atoms with Crippen LogP contribution in [0.5, 0.6) is 0 Å². The van der Waals surface area contributed by atoms with Crippen molar-refractivity contribution >= 4 is 66.1 Å². The van der Waals surface area contributed by atoms with Crippen LogP contribution in [0.3, 0.4) is 0 Å². The molecule has 0 aromatic carbocycles. The van der Waals surface area contributed by atoms with Gasteiger partial charge in [-0.05, 0) is 63.0 Å². The monoisotopic (exact) mass is 427 g/mol. The Morgan fingerprint density at radius 2 is 2.06 bits per heavy atom. The fraction of sp³-hybridized carbons (Fsp3) is 0.333. The predicted molar refractivity (Wildman–Crippen MR) is 89.2 cm³/mol. The Morgan fingerprint density at radius 1 is 1.28 bits per heavy atom. The minimum absolute atomic E-state index is 0.232. The van der Waals surface area contributed by atoms with Crippen LogP contribution in [0.4, 0.5) is 0 Å². The molecule has 2 aromatic heterocycles. The lowest BCUT2D eigenvalue weighted by Crippen LogP contribution is -2.21. The van der Waals surface area contributed by atoms with Crippen LogP contribution in [-0.2, 0) is 0 Å². The average molecular weight is 430 g/mol. The Morgan fingerprint density at radius 3 is 2.56 bits per heavy atom. The molecule has 0 spiro atoms. The summed E-state index contributed by atoms with van der Waals surface area (Å²) >= 11 is 16.5. The third kappa shape index (κ3) is 3.58. The van der Waals surface area contributed by atoms with Gasteiger partial charge in [-0.2, -0.15) is 0 Å². The Hall–Kier alpha value is 0.610. The average Bonchev–Trinajstić information content (AvgIpc) is 2.88. The van der Waals surface area contributed by atoms with Crippen LogP contribution in [-0.4, -0.2) is 6.54 Å². The van der Waals surface area contributed by atoms with Gasteiger partial charge in [-0.25, -0.2) is 0 Å². The fourth-order valence-corrected chi connectivity index (χ4v) is 5.04. The molecule has 0 radical (unpaired) electrons. The van der Waals surface area contributed by atoms with Crippen molar-refractivity contribution in [2.45, 2.75) is 19.4 Å². The largest absolute Gasteiger partial charge is 0.305 e. The SMILES string of the molecule is CCCNC(c1ccc(Br)s1)c1cc(Br)c(Cl)s1. The Kier molecular flexibility index (Phi) is 5.72. The number of thiophene rings is 2. The van der Waals surface area contributed by atoms with Gasteiger partial charge in [0.1, 0.15) is 4.34 Å². The van der Waals surface area contributed by atoms with Gasteiger partial charge >= 0.3 is 0 Å². The van der Waals surface area contributed by atoms with E-state index in [2.05, 4.69) is 62.3 Å². The van der Waals surface area contributed by atoms with E-state index in [1.807, 2.05) is 0 Å². The van der Waals surface area contributed by atoms with E-state index in [0.29, 0.717) is 0 Å². The molecule has 0 aliphatic carbocycles. The van der Waals surface area contributed by atoms with E-state index in [9.17, 15) is 0 Å². The summed E-state index contributed by atoms with van der Waals surface area (Å²) < 4.78 is 2.94. The Bertz CT molecular complexity index is 504. The van der Waals surface area contributed by atoms with Crippen molar-refractivity contribution in [2.24, 2.45) is 0 Å². The van der Waals surface area contributed by atoms with Crippen LogP contribution in [0.2, 0.25) is 4.34 Å². The first kappa shape index (κ1) is 15.0. The first-order chi connectivity index (χ1) is 8.61. The Labute approximate surface area is 137 Å². The molecule has 98 valence electrons. The van der Waals surface area contributed by atoms with E-state index < -0.39 is 0 Å². The van der Waals surface area contributed by atoms with Crippen molar-refractivity contribution in [1.82, 2.24) is 5.32 Å². The molecule has 2 heterocycles. The van der Waals surface area contributed by atoms with E-state index >= 15 is 0 Å². The summed E-state index contributed by atoms with van der Waals surface area (Å²) in [5.74, 6) is 0. The normalized spacial score (nSPS) is 12.9. The molecule has 1 N–H and O–H groups in total. The van der Waals surface area contributed by atoms with E-state index in [-0.39, 0.29) is 6.04 Å². The van der Waals surface area contributed by atoms with E-state index in [1.165, 1.54) is 9.75 Å². The second kappa shape index (κ2) is 6.86. The molecule has 0 fully saturated rings. The second-order valence-electron chi connectivity index (χ2n) is 3.80. The van der Waals surface area contributed by atoms with Crippen molar-refractivity contribution in [3.63, 3.8) is 0 Å². The zero-order chi connectivity index (χ0) is 13.1. The maximum Gasteiger partial charge on any atom is 0.107 e. The summed E-state index contributed by atoms with van der Waals surface area (Å²) in [4.78, 5) is 2.55. The number of nitrogens with one attached hydrogen (secondary N) is 1. The van der Waals surface area contributed by atoms with Gasteiger partial charge in [-0.15, -0.1) is 22.7 Å². The van der Waals surface area contributed by atoms with Crippen LogP contribution in [0, 0.1) is 0 Å². The van der Waals surface area contributed by atoms with E-state index in [0.717, 1.165) is 25.6 Å². The lowest BCUT2D eigenvalue weighted by molar-refractivity contribution is 0.613. The fourth-order valence-electron chi connectivity index (χ4n) is 1.62. The Balaban J connectivity index is 2.30. The van der Waals surface area contributed by atoms with Gasteiger partial charge in [0.15, 0.2) is 0 Å². The van der Waals surface area contributed by atoms with E-state index in [1.54, 1.807) is 22.7 Å². The second-order valence-corrected chi connectivity index (χ2v) is 8.83. The predicted octanol–water partition coefficient (Wildman–Crippen LogP) is 6.08. The van der Waals surface area contributed by atoms with Crippen LogP contribution in [0.15, 0.2) is 26.5 Å². The molecule has 1 nitrogen and oxygen atoms in total. The summed E-state index contributed by atoms with van der Waals surface area (Å²) in [5, 5.41) is 3.58. The quantitative estimate of drug-likeness (QED) is 0.608. The van der Waals surface area contributed by atoms with Gasteiger partial charge in [0.25, 0.3) is 0 Å². The van der Waals surface area contributed by atoms with Gasteiger partial charge in [0, 0.05) is 14.2 Å². The highest BCUT2D eigenvalue weighted by Crippen LogP contribution is 2.39. The summed E-state index contributed by atoms with van der Waals surface area (Å²) in [6, 6.07) is 6.58. The van der Waals surface area contributed by atoms with Gasteiger partial charge < -0.3 is 5.32 Å². The highest BCUT2D eigenvalue weighted by atomic mass is 79.9. The van der Waals surface area contributed by atoms with Gasteiger partial charge in [0.2, 0.25) is 0 Å². The molecule has 0 aliphatic heterocycles. The minimum Gasteiger partial charge on any atom is -0.305 e. The molecule has 0 bridgehead atoms. The van der Waals surface area contributed by atoms with Crippen LogP contribution in [0.1, 0.15) is 29.1 Å². The molecule has 0 aliphatic rings. The molecule has 6 heteroatoms. The molecule has 0 amide bonds. The topological polar surface area (TPSA) is 12.0 Å². The number of rotatable bonds is 5. The number of halogens is 3. The molecule has 2 aromatic rings. The molecular formula is C12H12Br2ClNS2. The number of hydrogen-bond donors (Lipinski definition) is 1. The third-order valence-electron chi connectivity index (χ3n) is 2.43. The first-order valence-corrected chi connectivity index (χ1v) is 9.15. The minimum atomic E-state index is 0.232. The third-order valence-corrected chi connectivity index (χ3v) is 6.65. The molecule has 18 heavy (non-hydrogen) atoms. The lowest BCUT2D eigenvalue weighted by atomic mass is 10.2. The zero-order valence-electron chi connectivity index (χ0n) is 9.67. The van der Waals surface area contributed by atoms with Crippen molar-refractivity contribution in [1.29, 1.82) is 0 Å². The standard InChI is InChI=1S/C12H12Br2ClNS2/c1-2-5-16-11(8-3-4-10(14)17-8)9-6-7(13)12(15)18-9/h3-4,6,11,16H,2,5H2,1H3. The van der Waals surface area contributed by atoms with Crippen molar-refractivity contribution in [2.75, 3.05) is 6.54 Å². The maximum absolute atomic E-state index is 6.14. The van der Waals surface area contributed by atoms with Crippen molar-refractivity contribution in [3.8, 4) is 0 Å². The number of hydrogen-bond acceptors (Lipinski definition) is 3. The summed E-state index contributed by atoms with van der Waals surface area (Å²) in [5.41, 5.74) is 0. The molecule has 1 unspecified atom stereocenters. The van der Waals surface area contributed by atoms with Crippen molar-refractivity contribution < 1.29 is 0 Å². The molecule has 0 saturated heterocycles. The highest BCUT2D eigenvalue weighted by molar-refractivity contribution is 9.11. The molecular weight excluding hydrogens is 418 g/mol. The molecule has 2 rings (SSSR count). The van der Waals surface area contributed by atoms with E-state index in [4.69, 9.17) is 11.6 Å². The van der Waals surface area contributed by atoms with Crippen LogP contribution < -0.4 is 5.32 Å². The first-order valence-electron chi connectivity index (χ1n) is 5.55. The smallest absolute Gasteiger partial charge is 0.107 e. The van der Waals surface area contributed by atoms with Gasteiger partial charge in [-0.1, -0.05) is 18.5 Å². The summed E-state index contributed by atoms with van der Waals surface area (Å²) in [6.45, 7) is 3.17. The molecule has 0 saturated carbocycles. The van der Waals surface area contributed by atoms with Gasteiger partial charge in [-0.3, -0.25) is 0 Å². The van der Waals surface area contributed by atoms with Crippen molar-refractivity contribution in [3.05, 3.63) is 40.5 Å².